The summed E-state index contributed by atoms with van der Waals surface area (Å²) in [7, 11) is 0. The van der Waals surface area contributed by atoms with Crippen molar-refractivity contribution in [1.82, 2.24) is 0 Å². The molecule has 2 aromatic rings. The SMILES string of the molecule is CC.NCC(OCc1ccc2c(c1)CCCC2)c1ccccc1. The second kappa shape index (κ2) is 9.49. The number of ether oxygens (including phenoxy) is 1. The molecule has 124 valence electrons. The monoisotopic (exact) mass is 311 g/mol. The average Bonchev–Trinajstić information content (AvgIpc) is 2.65. The van der Waals surface area contributed by atoms with Gasteiger partial charge in [0.15, 0.2) is 0 Å². The number of fused-ring (bicyclic) bond motifs is 1. The second-order valence-electron chi connectivity index (χ2n) is 5.76. The van der Waals surface area contributed by atoms with Gasteiger partial charge in [-0.2, -0.15) is 0 Å². The number of aryl methyl sites for hydroxylation is 2. The molecular weight excluding hydrogens is 282 g/mol. The molecule has 0 spiro atoms. The van der Waals surface area contributed by atoms with Gasteiger partial charge in [0.05, 0.1) is 12.7 Å². The molecule has 2 N–H and O–H groups in total. The Bertz CT molecular complexity index is 580. The zero-order valence-corrected chi connectivity index (χ0v) is 14.4. The topological polar surface area (TPSA) is 35.2 Å². The van der Waals surface area contributed by atoms with Crippen molar-refractivity contribution in [3.8, 4) is 0 Å². The molecule has 0 amide bonds. The Labute approximate surface area is 140 Å². The van der Waals surface area contributed by atoms with Crippen LogP contribution in [0.4, 0.5) is 0 Å². The Balaban J connectivity index is 0.000000924. The van der Waals surface area contributed by atoms with E-state index in [0.29, 0.717) is 13.2 Å². The third-order valence-corrected chi connectivity index (χ3v) is 4.25. The van der Waals surface area contributed by atoms with E-state index in [4.69, 9.17) is 10.5 Å². The van der Waals surface area contributed by atoms with Gasteiger partial charge in [-0.3, -0.25) is 0 Å². The number of benzene rings is 2. The van der Waals surface area contributed by atoms with E-state index in [1.54, 1.807) is 0 Å². The number of hydrogen-bond acceptors (Lipinski definition) is 2. The Morgan fingerprint density at radius 1 is 0.957 bits per heavy atom. The normalized spacial score (nSPS) is 14.4. The highest BCUT2D eigenvalue weighted by Crippen LogP contribution is 2.24. The van der Waals surface area contributed by atoms with Gasteiger partial charge in [0.1, 0.15) is 0 Å². The molecule has 3 rings (SSSR count). The number of rotatable bonds is 5. The van der Waals surface area contributed by atoms with Crippen LogP contribution in [0.25, 0.3) is 0 Å². The third kappa shape index (κ3) is 4.92. The highest BCUT2D eigenvalue weighted by molar-refractivity contribution is 5.33. The minimum Gasteiger partial charge on any atom is -0.368 e. The Hall–Kier alpha value is -1.64. The minimum absolute atomic E-state index is 0.0257. The largest absolute Gasteiger partial charge is 0.368 e. The van der Waals surface area contributed by atoms with Gasteiger partial charge in [0.25, 0.3) is 0 Å². The Kier molecular flexibility index (Phi) is 7.31. The summed E-state index contributed by atoms with van der Waals surface area (Å²) in [6.45, 7) is 5.14. The minimum atomic E-state index is -0.0257. The number of hydrogen-bond donors (Lipinski definition) is 1. The second-order valence-corrected chi connectivity index (χ2v) is 5.76. The van der Waals surface area contributed by atoms with Gasteiger partial charge in [-0.1, -0.05) is 62.4 Å². The summed E-state index contributed by atoms with van der Waals surface area (Å²) in [5, 5.41) is 0. The summed E-state index contributed by atoms with van der Waals surface area (Å²) in [5.41, 5.74) is 11.3. The summed E-state index contributed by atoms with van der Waals surface area (Å²) >= 11 is 0. The van der Waals surface area contributed by atoms with E-state index in [-0.39, 0.29) is 6.10 Å². The highest BCUT2D eigenvalue weighted by atomic mass is 16.5. The molecule has 0 radical (unpaired) electrons. The maximum atomic E-state index is 6.03. The highest BCUT2D eigenvalue weighted by Gasteiger charge is 2.12. The molecule has 1 atom stereocenters. The lowest BCUT2D eigenvalue weighted by Crippen LogP contribution is -2.16. The van der Waals surface area contributed by atoms with Crippen molar-refractivity contribution < 1.29 is 4.74 Å². The molecule has 1 unspecified atom stereocenters. The first-order valence-electron chi connectivity index (χ1n) is 8.84. The fraction of sp³-hybridized carbons (Fsp3) is 0.429. The standard InChI is InChI=1S/C19H23NO.C2H6/c20-13-19(17-7-2-1-3-8-17)21-14-15-10-11-16-6-4-5-9-18(16)12-15;1-2/h1-3,7-8,10-12,19H,4-6,9,13-14,20H2;1-2H3. The van der Waals surface area contributed by atoms with Gasteiger partial charge in [0.2, 0.25) is 0 Å². The zero-order valence-electron chi connectivity index (χ0n) is 14.4. The van der Waals surface area contributed by atoms with Crippen LogP contribution in [0.15, 0.2) is 48.5 Å². The van der Waals surface area contributed by atoms with Crippen molar-refractivity contribution in [3.63, 3.8) is 0 Å². The van der Waals surface area contributed by atoms with E-state index in [1.807, 2.05) is 32.0 Å². The van der Waals surface area contributed by atoms with Crippen LogP contribution in [-0.2, 0) is 24.2 Å². The maximum Gasteiger partial charge on any atom is 0.0951 e. The lowest BCUT2D eigenvalue weighted by Gasteiger charge is -2.19. The molecule has 2 heteroatoms. The fourth-order valence-corrected chi connectivity index (χ4v) is 3.04. The van der Waals surface area contributed by atoms with E-state index in [0.717, 1.165) is 5.56 Å². The van der Waals surface area contributed by atoms with Crippen molar-refractivity contribution in [2.75, 3.05) is 6.54 Å². The molecular formula is C21H29NO. The van der Waals surface area contributed by atoms with Crippen molar-refractivity contribution >= 4 is 0 Å². The molecule has 23 heavy (non-hydrogen) atoms. The van der Waals surface area contributed by atoms with Crippen molar-refractivity contribution in [2.24, 2.45) is 5.73 Å². The summed E-state index contributed by atoms with van der Waals surface area (Å²) in [5.74, 6) is 0. The van der Waals surface area contributed by atoms with Crippen LogP contribution in [0.3, 0.4) is 0 Å². The average molecular weight is 311 g/mol. The summed E-state index contributed by atoms with van der Waals surface area (Å²) in [6.07, 6.45) is 5.05. The first kappa shape index (κ1) is 17.7. The first-order valence-corrected chi connectivity index (χ1v) is 8.84. The van der Waals surface area contributed by atoms with Crippen LogP contribution in [0, 0.1) is 0 Å². The van der Waals surface area contributed by atoms with Crippen LogP contribution in [0.5, 0.6) is 0 Å². The Morgan fingerprint density at radius 2 is 1.65 bits per heavy atom. The first-order chi connectivity index (χ1) is 11.4. The van der Waals surface area contributed by atoms with Crippen molar-refractivity contribution in [2.45, 2.75) is 52.2 Å². The Morgan fingerprint density at radius 3 is 2.35 bits per heavy atom. The van der Waals surface area contributed by atoms with Crippen LogP contribution in [-0.4, -0.2) is 6.54 Å². The molecule has 0 aromatic heterocycles. The third-order valence-electron chi connectivity index (χ3n) is 4.25. The lowest BCUT2D eigenvalue weighted by atomic mass is 9.90. The van der Waals surface area contributed by atoms with Crippen LogP contribution >= 0.6 is 0 Å². The predicted octanol–water partition coefficient (Wildman–Crippen LogP) is 4.81. The van der Waals surface area contributed by atoms with E-state index >= 15 is 0 Å². The molecule has 1 aliphatic carbocycles. The summed E-state index contributed by atoms with van der Waals surface area (Å²) < 4.78 is 6.03. The van der Waals surface area contributed by atoms with Crippen molar-refractivity contribution in [3.05, 3.63) is 70.8 Å². The van der Waals surface area contributed by atoms with Crippen molar-refractivity contribution in [1.29, 1.82) is 0 Å². The van der Waals surface area contributed by atoms with Gasteiger partial charge in [0, 0.05) is 6.54 Å². The van der Waals surface area contributed by atoms with Gasteiger partial charge < -0.3 is 10.5 Å². The van der Waals surface area contributed by atoms with E-state index in [9.17, 15) is 0 Å². The predicted molar refractivity (Wildman–Crippen MR) is 97.5 cm³/mol. The number of nitrogens with two attached hydrogens (primary N) is 1. The molecule has 0 fully saturated rings. The fourth-order valence-electron chi connectivity index (χ4n) is 3.04. The van der Waals surface area contributed by atoms with E-state index < -0.39 is 0 Å². The van der Waals surface area contributed by atoms with Gasteiger partial charge in [-0.25, -0.2) is 0 Å². The molecule has 2 nitrogen and oxygen atoms in total. The van der Waals surface area contributed by atoms with Gasteiger partial charge in [-0.15, -0.1) is 0 Å². The molecule has 1 aliphatic rings. The molecule has 0 bridgehead atoms. The quantitative estimate of drug-likeness (QED) is 0.860. The van der Waals surface area contributed by atoms with Crippen LogP contribution in [0.2, 0.25) is 0 Å². The van der Waals surface area contributed by atoms with Gasteiger partial charge in [-0.05, 0) is 47.9 Å². The van der Waals surface area contributed by atoms with E-state index in [2.05, 4.69) is 30.3 Å². The lowest BCUT2D eigenvalue weighted by molar-refractivity contribution is 0.0456. The maximum absolute atomic E-state index is 6.03. The van der Waals surface area contributed by atoms with Crippen LogP contribution < -0.4 is 5.73 Å². The molecule has 0 heterocycles. The zero-order chi connectivity index (χ0) is 16.5. The molecule has 0 saturated heterocycles. The van der Waals surface area contributed by atoms with E-state index in [1.165, 1.54) is 42.4 Å². The van der Waals surface area contributed by atoms with Crippen LogP contribution in [0.1, 0.15) is 55.0 Å². The summed E-state index contributed by atoms with van der Waals surface area (Å²) in [6, 6.07) is 17.0. The smallest absolute Gasteiger partial charge is 0.0951 e. The summed E-state index contributed by atoms with van der Waals surface area (Å²) in [4.78, 5) is 0. The molecule has 0 aliphatic heterocycles. The van der Waals surface area contributed by atoms with Gasteiger partial charge >= 0.3 is 0 Å². The molecule has 2 aromatic carbocycles. The molecule has 0 saturated carbocycles.